The first-order valence-corrected chi connectivity index (χ1v) is 6.44. The lowest BCUT2D eigenvalue weighted by Gasteiger charge is -2.34. The van der Waals surface area contributed by atoms with Crippen LogP contribution in [0.5, 0.6) is 0 Å². The molecule has 1 atom stereocenters. The van der Waals surface area contributed by atoms with Gasteiger partial charge in [-0.1, -0.05) is 39.0 Å². The van der Waals surface area contributed by atoms with Crippen molar-refractivity contribution in [1.29, 1.82) is 0 Å². The van der Waals surface area contributed by atoms with E-state index in [1.165, 1.54) is 24.2 Å². The average molecular weight is 242 g/mol. The van der Waals surface area contributed by atoms with Crippen LogP contribution in [0.1, 0.15) is 45.4 Å². The van der Waals surface area contributed by atoms with Crippen LogP contribution in [0, 0.1) is 0 Å². The van der Waals surface area contributed by atoms with Crippen LogP contribution in [-0.2, 0) is 4.79 Å². The number of carbonyl (C=O) groups is 2. The molecule has 2 N–H and O–H groups in total. The smallest absolute Gasteiger partial charge is 0.408 e. The van der Waals surface area contributed by atoms with Gasteiger partial charge in [0.15, 0.2) is 0 Å². The maximum atomic E-state index is 11.1. The quantitative estimate of drug-likeness (QED) is 0.504. The molecule has 0 unspecified atom stereocenters. The minimum atomic E-state index is -0.988. The van der Waals surface area contributed by atoms with E-state index in [1.807, 2.05) is 0 Å². The van der Waals surface area contributed by atoms with Crippen molar-refractivity contribution in [3.8, 4) is 0 Å². The molecule has 0 bridgehead atoms. The summed E-state index contributed by atoms with van der Waals surface area (Å²) in [5, 5.41) is 11.6. The molecule has 0 aliphatic carbocycles. The molecule has 5 nitrogen and oxygen atoms in total. The predicted molar refractivity (Wildman–Crippen MR) is 64.9 cm³/mol. The second-order valence-corrected chi connectivity index (χ2v) is 4.50. The van der Waals surface area contributed by atoms with Crippen molar-refractivity contribution in [2.75, 3.05) is 13.1 Å². The molecule has 0 aromatic heterocycles. The third kappa shape index (κ3) is 4.24. The van der Waals surface area contributed by atoms with Crippen LogP contribution < -0.4 is 5.32 Å². The molecular weight excluding hydrogens is 220 g/mol. The van der Waals surface area contributed by atoms with Crippen LogP contribution in [0.3, 0.4) is 0 Å². The first-order chi connectivity index (χ1) is 8.16. The molecule has 1 rings (SSSR count). The molecule has 98 valence electrons. The Hall–Kier alpha value is -1.26. The highest BCUT2D eigenvalue weighted by Crippen LogP contribution is 2.11. The fourth-order valence-electron chi connectivity index (χ4n) is 1.98. The molecule has 1 aliphatic heterocycles. The fraction of sp³-hybridized carbons (Fsp3) is 0.833. The maximum absolute atomic E-state index is 11.1. The summed E-state index contributed by atoms with van der Waals surface area (Å²) in [7, 11) is 0. The Bertz CT molecular complexity index is 268. The van der Waals surface area contributed by atoms with E-state index >= 15 is 0 Å². The SMILES string of the molecule is CCCCCCCCN(C(=O)O)[C@H]1CNC1=O. The Morgan fingerprint density at radius 3 is 2.47 bits per heavy atom. The number of carbonyl (C=O) groups excluding carboxylic acids is 1. The molecule has 1 fully saturated rings. The van der Waals surface area contributed by atoms with Crippen molar-refractivity contribution in [3.63, 3.8) is 0 Å². The number of hydrogen-bond donors (Lipinski definition) is 2. The van der Waals surface area contributed by atoms with Crippen LogP contribution in [0.25, 0.3) is 0 Å². The van der Waals surface area contributed by atoms with E-state index in [1.54, 1.807) is 0 Å². The van der Waals surface area contributed by atoms with Gasteiger partial charge in [0.1, 0.15) is 6.04 Å². The minimum Gasteiger partial charge on any atom is -0.465 e. The van der Waals surface area contributed by atoms with E-state index < -0.39 is 12.1 Å². The highest BCUT2D eigenvalue weighted by Gasteiger charge is 2.35. The zero-order valence-corrected chi connectivity index (χ0v) is 10.4. The first kappa shape index (κ1) is 13.8. The van der Waals surface area contributed by atoms with Gasteiger partial charge < -0.3 is 10.4 Å². The van der Waals surface area contributed by atoms with Gasteiger partial charge in [0.05, 0.1) is 0 Å². The van der Waals surface area contributed by atoms with Crippen molar-refractivity contribution in [2.45, 2.75) is 51.5 Å². The van der Waals surface area contributed by atoms with Crippen molar-refractivity contribution in [2.24, 2.45) is 0 Å². The minimum absolute atomic E-state index is 0.168. The number of unbranched alkanes of at least 4 members (excludes halogenated alkanes) is 5. The normalized spacial score (nSPS) is 18.4. The van der Waals surface area contributed by atoms with Crippen LogP contribution in [0.15, 0.2) is 0 Å². The number of rotatable bonds is 8. The molecule has 1 aliphatic rings. The van der Waals surface area contributed by atoms with Crippen LogP contribution >= 0.6 is 0 Å². The third-order valence-electron chi connectivity index (χ3n) is 3.15. The zero-order valence-electron chi connectivity index (χ0n) is 10.4. The van der Waals surface area contributed by atoms with Crippen molar-refractivity contribution >= 4 is 12.0 Å². The Morgan fingerprint density at radius 1 is 1.35 bits per heavy atom. The Kier molecular flexibility index (Phi) is 5.80. The standard InChI is InChI=1S/C12H22N2O3/c1-2-3-4-5-6-7-8-14(12(16)17)10-9-13-11(10)15/h10H,2-9H2,1H3,(H,13,15)(H,16,17)/t10-/m0/s1. The highest BCUT2D eigenvalue weighted by atomic mass is 16.4. The molecule has 0 saturated carbocycles. The van der Waals surface area contributed by atoms with Gasteiger partial charge in [-0.2, -0.15) is 0 Å². The summed E-state index contributed by atoms with van der Waals surface area (Å²) in [6.45, 7) is 3.10. The number of β-lactam (4-membered cyclic amide) rings is 1. The summed E-state index contributed by atoms with van der Waals surface area (Å²) in [5.41, 5.74) is 0. The Labute approximate surface area is 102 Å². The monoisotopic (exact) mass is 242 g/mol. The Balaban J connectivity index is 2.17. The number of nitrogens with zero attached hydrogens (tertiary/aromatic N) is 1. The van der Waals surface area contributed by atoms with E-state index in [4.69, 9.17) is 5.11 Å². The molecule has 0 spiro atoms. The molecule has 1 heterocycles. The van der Waals surface area contributed by atoms with E-state index in [-0.39, 0.29) is 5.91 Å². The van der Waals surface area contributed by atoms with Gasteiger partial charge in [0.2, 0.25) is 5.91 Å². The van der Waals surface area contributed by atoms with Crippen LogP contribution in [-0.4, -0.2) is 41.1 Å². The number of carboxylic acid groups (broad SMARTS) is 1. The van der Waals surface area contributed by atoms with E-state index in [9.17, 15) is 9.59 Å². The molecule has 5 heteroatoms. The lowest BCUT2D eigenvalue weighted by Crippen LogP contribution is -2.63. The van der Waals surface area contributed by atoms with Gasteiger partial charge in [-0.3, -0.25) is 9.69 Å². The fourth-order valence-corrected chi connectivity index (χ4v) is 1.98. The average Bonchev–Trinajstić information content (AvgIpc) is 2.29. The highest BCUT2D eigenvalue weighted by molar-refractivity contribution is 5.90. The molecule has 17 heavy (non-hydrogen) atoms. The van der Waals surface area contributed by atoms with Gasteiger partial charge in [-0.25, -0.2) is 4.79 Å². The topological polar surface area (TPSA) is 69.6 Å². The van der Waals surface area contributed by atoms with Crippen LogP contribution in [0.2, 0.25) is 0 Å². The van der Waals surface area contributed by atoms with E-state index in [0.29, 0.717) is 13.1 Å². The largest absolute Gasteiger partial charge is 0.465 e. The summed E-state index contributed by atoms with van der Waals surface area (Å²) < 4.78 is 0. The number of amides is 2. The molecule has 1 saturated heterocycles. The predicted octanol–water partition coefficient (Wildman–Crippen LogP) is 1.83. The first-order valence-electron chi connectivity index (χ1n) is 6.44. The summed E-state index contributed by atoms with van der Waals surface area (Å²) in [4.78, 5) is 23.4. The van der Waals surface area contributed by atoms with Gasteiger partial charge in [0, 0.05) is 13.1 Å². The second-order valence-electron chi connectivity index (χ2n) is 4.50. The summed E-state index contributed by atoms with van der Waals surface area (Å²) in [6.07, 6.45) is 5.72. The maximum Gasteiger partial charge on any atom is 0.408 e. The second kappa shape index (κ2) is 7.14. The molecular formula is C12H22N2O3. The molecule has 0 aromatic rings. The third-order valence-corrected chi connectivity index (χ3v) is 3.15. The number of nitrogens with one attached hydrogen (secondary N) is 1. The van der Waals surface area contributed by atoms with E-state index in [2.05, 4.69) is 12.2 Å². The van der Waals surface area contributed by atoms with Crippen molar-refractivity contribution < 1.29 is 14.7 Å². The summed E-state index contributed by atoms with van der Waals surface area (Å²) >= 11 is 0. The van der Waals surface area contributed by atoms with Gasteiger partial charge in [0.25, 0.3) is 0 Å². The van der Waals surface area contributed by atoms with Crippen molar-refractivity contribution in [1.82, 2.24) is 10.2 Å². The summed E-state index contributed by atoms with van der Waals surface area (Å²) in [6, 6.07) is -0.455. The molecule has 0 radical (unpaired) electrons. The van der Waals surface area contributed by atoms with Crippen LogP contribution in [0.4, 0.5) is 4.79 Å². The number of hydrogen-bond acceptors (Lipinski definition) is 2. The van der Waals surface area contributed by atoms with Crippen molar-refractivity contribution in [3.05, 3.63) is 0 Å². The lowest BCUT2D eigenvalue weighted by atomic mass is 10.1. The lowest BCUT2D eigenvalue weighted by molar-refractivity contribution is -0.132. The van der Waals surface area contributed by atoms with Gasteiger partial charge >= 0.3 is 6.09 Å². The zero-order chi connectivity index (χ0) is 12.7. The molecule has 0 aromatic carbocycles. The van der Waals surface area contributed by atoms with Gasteiger partial charge in [-0.15, -0.1) is 0 Å². The molecule has 2 amide bonds. The van der Waals surface area contributed by atoms with Gasteiger partial charge in [-0.05, 0) is 6.42 Å². The summed E-state index contributed by atoms with van der Waals surface area (Å²) in [5.74, 6) is -0.168. The van der Waals surface area contributed by atoms with E-state index in [0.717, 1.165) is 19.3 Å². The Morgan fingerprint density at radius 2 is 2.00 bits per heavy atom.